The molecule has 0 saturated carbocycles. The van der Waals surface area contributed by atoms with Gasteiger partial charge in [-0.25, -0.2) is 0 Å². The first-order valence-corrected chi connectivity index (χ1v) is 9.32. The molecule has 0 aromatic carbocycles. The van der Waals surface area contributed by atoms with Crippen molar-refractivity contribution < 1.29 is 9.90 Å². The molecule has 4 heteroatoms. The van der Waals surface area contributed by atoms with Gasteiger partial charge >= 0.3 is 0 Å². The van der Waals surface area contributed by atoms with Crippen molar-refractivity contribution in [2.75, 3.05) is 33.3 Å². The number of likely N-dealkylation sites (tertiary alicyclic amines) is 1. The van der Waals surface area contributed by atoms with E-state index in [-0.39, 0.29) is 24.0 Å². The molecule has 0 aromatic rings. The van der Waals surface area contributed by atoms with Gasteiger partial charge in [-0.05, 0) is 37.3 Å². The lowest BCUT2D eigenvalue weighted by Crippen LogP contribution is -2.44. The first kappa shape index (κ1) is 20.4. The van der Waals surface area contributed by atoms with Gasteiger partial charge in [0.2, 0.25) is 5.91 Å². The molecule has 1 heterocycles. The normalized spacial score (nSPS) is 25.4. The van der Waals surface area contributed by atoms with Crippen LogP contribution < -0.4 is 0 Å². The summed E-state index contributed by atoms with van der Waals surface area (Å²) in [6.45, 7) is 13.7. The second-order valence-electron chi connectivity index (χ2n) is 8.48. The van der Waals surface area contributed by atoms with Gasteiger partial charge in [-0.2, -0.15) is 0 Å². The van der Waals surface area contributed by atoms with Crippen molar-refractivity contribution in [3.05, 3.63) is 0 Å². The third-order valence-electron chi connectivity index (χ3n) is 5.06. The van der Waals surface area contributed by atoms with E-state index in [1.807, 2.05) is 4.90 Å². The molecule has 0 bridgehead atoms. The maximum Gasteiger partial charge on any atom is 0.223 e. The number of aliphatic hydroxyl groups excluding tert-OH is 1. The predicted molar refractivity (Wildman–Crippen MR) is 96.3 cm³/mol. The molecule has 0 aliphatic carbocycles. The van der Waals surface area contributed by atoms with Crippen molar-refractivity contribution in [1.29, 1.82) is 0 Å². The van der Waals surface area contributed by atoms with E-state index in [9.17, 15) is 9.90 Å². The Morgan fingerprint density at radius 1 is 1.30 bits per heavy atom. The average Bonchev–Trinajstić information content (AvgIpc) is 2.81. The number of hydrogen-bond acceptors (Lipinski definition) is 3. The number of rotatable bonds is 8. The molecule has 0 unspecified atom stereocenters. The summed E-state index contributed by atoms with van der Waals surface area (Å²) in [4.78, 5) is 17.0. The van der Waals surface area contributed by atoms with E-state index in [0.29, 0.717) is 18.3 Å². The van der Waals surface area contributed by atoms with E-state index in [0.717, 1.165) is 26.1 Å². The quantitative estimate of drug-likeness (QED) is 0.746. The van der Waals surface area contributed by atoms with Crippen LogP contribution in [0.15, 0.2) is 0 Å². The standard InChI is InChI=1S/C19H38N2O2/c1-7-9-10-20(6)13-16-15(8-2)12-21(17(16)14-22)18(23)11-19(3,4)5/h15-17,22H,7-14H2,1-6H3/t15-,16-,17-/m1/s1. The van der Waals surface area contributed by atoms with Crippen LogP contribution in [0.3, 0.4) is 0 Å². The first-order chi connectivity index (χ1) is 10.7. The van der Waals surface area contributed by atoms with Crippen molar-refractivity contribution in [2.24, 2.45) is 17.3 Å². The van der Waals surface area contributed by atoms with E-state index in [4.69, 9.17) is 0 Å². The summed E-state index contributed by atoms with van der Waals surface area (Å²) in [5.74, 6) is 1.09. The highest BCUT2D eigenvalue weighted by molar-refractivity contribution is 5.77. The van der Waals surface area contributed by atoms with Crippen LogP contribution in [0.5, 0.6) is 0 Å². The molecule has 1 fully saturated rings. The van der Waals surface area contributed by atoms with Crippen LogP contribution in [0.2, 0.25) is 0 Å². The lowest BCUT2D eigenvalue weighted by molar-refractivity contribution is -0.135. The molecule has 1 rings (SSSR count). The minimum atomic E-state index is -0.0149. The summed E-state index contributed by atoms with van der Waals surface area (Å²) in [5.41, 5.74) is -0.00515. The highest BCUT2D eigenvalue weighted by Gasteiger charge is 2.43. The van der Waals surface area contributed by atoms with Crippen LogP contribution in [-0.2, 0) is 4.79 Å². The fourth-order valence-corrected chi connectivity index (χ4v) is 3.73. The molecule has 136 valence electrons. The Kier molecular flexibility index (Phi) is 8.02. The molecule has 3 atom stereocenters. The largest absolute Gasteiger partial charge is 0.394 e. The molecule has 1 N–H and O–H groups in total. The third-order valence-corrected chi connectivity index (χ3v) is 5.06. The zero-order valence-electron chi connectivity index (χ0n) is 16.1. The maximum atomic E-state index is 12.7. The Bertz CT molecular complexity index is 365. The molecular formula is C19H38N2O2. The van der Waals surface area contributed by atoms with Crippen LogP contribution in [0.1, 0.15) is 60.3 Å². The first-order valence-electron chi connectivity index (χ1n) is 9.32. The molecule has 0 aromatic heterocycles. The summed E-state index contributed by atoms with van der Waals surface area (Å²) in [7, 11) is 2.16. The van der Waals surface area contributed by atoms with E-state index >= 15 is 0 Å². The molecule has 0 spiro atoms. The van der Waals surface area contributed by atoms with E-state index < -0.39 is 0 Å². The number of amides is 1. The molecule has 4 nitrogen and oxygen atoms in total. The van der Waals surface area contributed by atoms with Crippen LogP contribution in [0, 0.1) is 17.3 Å². The Labute approximate surface area is 143 Å². The molecule has 0 radical (unpaired) electrons. The Balaban J connectivity index is 2.79. The topological polar surface area (TPSA) is 43.8 Å². The zero-order valence-corrected chi connectivity index (χ0v) is 16.1. The lowest BCUT2D eigenvalue weighted by Gasteiger charge is -2.31. The van der Waals surface area contributed by atoms with Crippen molar-refractivity contribution >= 4 is 5.91 Å². The van der Waals surface area contributed by atoms with Crippen molar-refractivity contribution in [1.82, 2.24) is 9.80 Å². The number of carbonyl (C=O) groups excluding carboxylic acids is 1. The average molecular weight is 327 g/mol. The van der Waals surface area contributed by atoms with Crippen molar-refractivity contribution in [3.63, 3.8) is 0 Å². The molecule has 23 heavy (non-hydrogen) atoms. The van der Waals surface area contributed by atoms with Gasteiger partial charge in [-0.1, -0.05) is 47.5 Å². The summed E-state index contributed by atoms with van der Waals surface area (Å²) >= 11 is 0. The SMILES string of the molecule is CCCCN(C)C[C@@H]1[C@H](CC)CN(C(=O)CC(C)(C)C)[C@@H]1CO. The van der Waals surface area contributed by atoms with Gasteiger partial charge in [0, 0.05) is 19.5 Å². The monoisotopic (exact) mass is 326 g/mol. The van der Waals surface area contributed by atoms with Gasteiger partial charge in [-0.3, -0.25) is 4.79 Å². The summed E-state index contributed by atoms with van der Waals surface area (Å²) in [5, 5.41) is 9.94. The number of hydrogen-bond donors (Lipinski definition) is 1. The van der Waals surface area contributed by atoms with Gasteiger partial charge < -0.3 is 14.9 Å². The highest BCUT2D eigenvalue weighted by Crippen LogP contribution is 2.34. The zero-order chi connectivity index (χ0) is 17.6. The predicted octanol–water partition coefficient (Wildman–Crippen LogP) is 3.00. The third kappa shape index (κ3) is 6.07. The lowest BCUT2D eigenvalue weighted by atomic mass is 9.88. The summed E-state index contributed by atoms with van der Waals surface area (Å²) in [6.07, 6.45) is 4.03. The fourth-order valence-electron chi connectivity index (χ4n) is 3.73. The van der Waals surface area contributed by atoms with E-state index in [2.05, 4.69) is 46.6 Å². The van der Waals surface area contributed by atoms with Crippen molar-refractivity contribution in [3.8, 4) is 0 Å². The van der Waals surface area contributed by atoms with Crippen LogP contribution >= 0.6 is 0 Å². The smallest absolute Gasteiger partial charge is 0.223 e. The number of carbonyl (C=O) groups is 1. The minimum absolute atomic E-state index is 0.00515. The molecule has 1 amide bonds. The van der Waals surface area contributed by atoms with Gasteiger partial charge in [0.15, 0.2) is 0 Å². The van der Waals surface area contributed by atoms with Gasteiger partial charge in [0.25, 0.3) is 0 Å². The fraction of sp³-hybridized carbons (Fsp3) is 0.947. The van der Waals surface area contributed by atoms with Crippen LogP contribution in [0.4, 0.5) is 0 Å². The van der Waals surface area contributed by atoms with Crippen LogP contribution in [0.25, 0.3) is 0 Å². The highest BCUT2D eigenvalue weighted by atomic mass is 16.3. The van der Waals surface area contributed by atoms with E-state index in [1.54, 1.807) is 0 Å². The maximum absolute atomic E-state index is 12.7. The second kappa shape index (κ2) is 9.03. The number of nitrogens with zero attached hydrogens (tertiary/aromatic N) is 2. The van der Waals surface area contributed by atoms with E-state index in [1.165, 1.54) is 12.8 Å². The minimum Gasteiger partial charge on any atom is -0.394 e. The molecule has 1 aliphatic heterocycles. The van der Waals surface area contributed by atoms with Crippen LogP contribution in [-0.4, -0.2) is 60.1 Å². The van der Waals surface area contributed by atoms with Gasteiger partial charge in [0.05, 0.1) is 12.6 Å². The molecule has 1 aliphatic rings. The number of unbranched alkanes of at least 4 members (excludes halogenated alkanes) is 1. The van der Waals surface area contributed by atoms with Gasteiger partial charge in [-0.15, -0.1) is 0 Å². The summed E-state index contributed by atoms with van der Waals surface area (Å²) < 4.78 is 0. The number of aliphatic hydroxyl groups is 1. The Morgan fingerprint density at radius 2 is 1.96 bits per heavy atom. The molecule has 1 saturated heterocycles. The van der Waals surface area contributed by atoms with Gasteiger partial charge in [0.1, 0.15) is 0 Å². The Hall–Kier alpha value is -0.610. The summed E-state index contributed by atoms with van der Waals surface area (Å²) in [6, 6.07) is -0.0149. The molecular weight excluding hydrogens is 288 g/mol. The second-order valence-corrected chi connectivity index (χ2v) is 8.48. The Morgan fingerprint density at radius 3 is 2.43 bits per heavy atom. The van der Waals surface area contributed by atoms with Crippen molar-refractivity contribution in [2.45, 2.75) is 66.3 Å².